The first-order valence-electron chi connectivity index (χ1n) is 21.0. The average Bonchev–Trinajstić information content (AvgIpc) is 3.88. The number of aliphatic hydroxyl groups is 2. The maximum Gasteiger partial charge on any atom is 0.342 e. The Morgan fingerprint density at radius 1 is 0.947 bits per heavy atom. The zero-order valence-corrected chi connectivity index (χ0v) is 34.5. The van der Waals surface area contributed by atoms with Gasteiger partial charge in [0.15, 0.2) is 0 Å². The van der Waals surface area contributed by atoms with E-state index in [4.69, 9.17) is 18.9 Å². The average molecular weight is 785 g/mol. The Morgan fingerprint density at radius 3 is 2.42 bits per heavy atom. The fraction of sp³-hybridized carbons (Fsp3) is 0.644. The predicted molar refractivity (Wildman–Crippen MR) is 216 cm³/mol. The van der Waals surface area contributed by atoms with E-state index in [0.717, 1.165) is 55.1 Å². The fourth-order valence-corrected chi connectivity index (χ4v) is 14.1. The Kier molecular flexibility index (Phi) is 9.14. The number of fused-ring (bicyclic) bond motifs is 6. The number of carbonyl (C=O) groups is 2. The molecule has 1 aliphatic carbocycles. The van der Waals surface area contributed by atoms with Gasteiger partial charge in [0, 0.05) is 79.6 Å². The fourth-order valence-electron chi connectivity index (χ4n) is 14.1. The van der Waals surface area contributed by atoms with Crippen LogP contribution in [0.1, 0.15) is 75.0 Å². The van der Waals surface area contributed by atoms with Gasteiger partial charge in [-0.2, -0.15) is 0 Å². The lowest BCUT2D eigenvalue weighted by Crippen LogP contribution is -2.81. The third-order valence-electron chi connectivity index (χ3n) is 16.0. The van der Waals surface area contributed by atoms with Gasteiger partial charge < -0.3 is 44.3 Å². The summed E-state index contributed by atoms with van der Waals surface area (Å²) in [6, 6.07) is 11.3. The van der Waals surface area contributed by atoms with E-state index in [9.17, 15) is 15.0 Å². The number of nitrogens with one attached hydrogen (secondary N) is 1. The standard InChI is InChI=1S/C45H60N4O8/c1-8-41(52)23-27-24-44(39(50)56-6,35-29(15-19-48(25-27)26-41)28-13-10-11-14-32(28)46-35)31-21-30-33(22-34(31)54-4)47(3)37-43(30)17-20-49-18-12-16-42(9-2,36(43)49)38(55-5)45(37,53)40(51)57-7/h10-14,16,21-22,27,29,35-38,46,52-53H,8-9,15,17-20,23-26H2,1-7H3/t27?,29?,35?,36?,37?,38-,41+,42-,43?,44+,45+/m1/s1. The number of hydrogen-bond acceptors (Lipinski definition) is 12. The quantitative estimate of drug-likeness (QED) is 0.277. The topological polar surface area (TPSA) is 133 Å². The summed E-state index contributed by atoms with van der Waals surface area (Å²) in [5.41, 5.74) is -0.954. The molecule has 7 aliphatic rings. The maximum atomic E-state index is 15.3. The molecule has 2 aromatic rings. The normalized spacial score (nSPS) is 41.3. The Bertz CT molecular complexity index is 1990. The van der Waals surface area contributed by atoms with Gasteiger partial charge in [-0.25, -0.2) is 4.79 Å². The van der Waals surface area contributed by atoms with Crippen molar-refractivity contribution in [2.75, 3.05) is 78.4 Å². The molecule has 12 heteroatoms. The van der Waals surface area contributed by atoms with Crippen molar-refractivity contribution in [1.29, 1.82) is 0 Å². The molecule has 12 atom stereocenters. The lowest BCUT2D eigenvalue weighted by molar-refractivity contribution is -0.225. The molecule has 0 amide bonds. The monoisotopic (exact) mass is 784 g/mol. The van der Waals surface area contributed by atoms with Gasteiger partial charge in [0.05, 0.1) is 39.0 Å². The van der Waals surface area contributed by atoms with E-state index in [-0.39, 0.29) is 29.9 Å². The molecule has 3 N–H and O–H groups in total. The number of esters is 2. The molecule has 6 aliphatic heterocycles. The summed E-state index contributed by atoms with van der Waals surface area (Å²) in [7, 11) is 7.99. The van der Waals surface area contributed by atoms with E-state index < -0.39 is 45.6 Å². The zero-order valence-electron chi connectivity index (χ0n) is 34.5. The molecule has 12 nitrogen and oxygen atoms in total. The van der Waals surface area contributed by atoms with Gasteiger partial charge in [0.2, 0.25) is 5.60 Å². The smallest absolute Gasteiger partial charge is 0.342 e. The number of ether oxygens (including phenoxy) is 4. The van der Waals surface area contributed by atoms with Crippen LogP contribution in [0.3, 0.4) is 0 Å². The molecule has 0 radical (unpaired) electrons. The lowest BCUT2D eigenvalue weighted by Gasteiger charge is -2.63. The molecule has 308 valence electrons. The highest BCUT2D eigenvalue weighted by Crippen LogP contribution is 2.68. The Hall–Kier alpha value is -3.68. The summed E-state index contributed by atoms with van der Waals surface area (Å²) in [5, 5.41) is 29.1. The summed E-state index contributed by atoms with van der Waals surface area (Å²) in [6.45, 7) is 7.82. The number of nitrogens with zero attached hydrogens (tertiary/aromatic N) is 3. The number of para-hydroxylation sites is 1. The molecule has 1 spiro atoms. The Morgan fingerprint density at radius 2 is 1.72 bits per heavy atom. The van der Waals surface area contributed by atoms with Crippen molar-refractivity contribution in [2.24, 2.45) is 11.3 Å². The van der Waals surface area contributed by atoms with E-state index in [1.54, 1.807) is 14.2 Å². The van der Waals surface area contributed by atoms with Crippen molar-refractivity contribution in [3.05, 3.63) is 65.2 Å². The number of likely N-dealkylation sites (N-methyl/N-ethyl adjacent to an activating group) is 1. The van der Waals surface area contributed by atoms with Crippen LogP contribution in [0.4, 0.5) is 11.4 Å². The van der Waals surface area contributed by atoms with Gasteiger partial charge >= 0.3 is 11.9 Å². The number of hydrogen-bond donors (Lipinski definition) is 3. The predicted octanol–water partition coefficient (Wildman–Crippen LogP) is 3.97. The van der Waals surface area contributed by atoms with Gasteiger partial charge in [-0.1, -0.05) is 44.2 Å². The van der Waals surface area contributed by atoms with Crippen LogP contribution in [0.2, 0.25) is 0 Å². The summed E-state index contributed by atoms with van der Waals surface area (Å²) in [4.78, 5) is 36.6. The molecular weight excluding hydrogens is 725 g/mol. The van der Waals surface area contributed by atoms with Crippen LogP contribution in [0, 0.1) is 11.3 Å². The molecule has 2 aromatic carbocycles. The van der Waals surface area contributed by atoms with E-state index in [1.165, 1.54) is 19.8 Å². The van der Waals surface area contributed by atoms with Crippen LogP contribution < -0.4 is 15.0 Å². The van der Waals surface area contributed by atoms with Crippen LogP contribution in [0.15, 0.2) is 48.6 Å². The van der Waals surface area contributed by atoms with Crippen LogP contribution in [0.25, 0.3) is 0 Å². The lowest BCUT2D eigenvalue weighted by atomic mass is 9.47. The van der Waals surface area contributed by atoms with Gasteiger partial charge in [0.25, 0.3) is 0 Å². The molecule has 2 bridgehead atoms. The Labute approximate surface area is 336 Å². The SMILES string of the molecule is CC[C@]1(O)CC2CN(CCC3c4ccccc4NC3[C@@](C(=O)OC)(c3cc4c(cc3OC)N(C)C3C45CCN4CC=C[C@](CC)(C45)[C@@H](OC)[C@]3(O)C(=O)OC)C2)C1. The van der Waals surface area contributed by atoms with Crippen molar-refractivity contribution in [2.45, 2.75) is 105 Å². The number of piperidine rings is 1. The van der Waals surface area contributed by atoms with E-state index in [0.29, 0.717) is 44.4 Å². The summed E-state index contributed by atoms with van der Waals surface area (Å²) in [6.07, 6.45) is 7.14. The first-order chi connectivity index (χ1) is 27.4. The second-order valence-corrected chi connectivity index (χ2v) is 18.2. The van der Waals surface area contributed by atoms with E-state index >= 15 is 4.79 Å². The van der Waals surface area contributed by atoms with Crippen LogP contribution in [-0.2, 0) is 34.6 Å². The first-order valence-corrected chi connectivity index (χ1v) is 21.0. The summed E-state index contributed by atoms with van der Waals surface area (Å²) < 4.78 is 24.2. The highest BCUT2D eigenvalue weighted by molar-refractivity contribution is 5.90. The molecular formula is C45H60N4O8. The number of rotatable bonds is 7. The van der Waals surface area contributed by atoms with Crippen LogP contribution in [0.5, 0.6) is 5.75 Å². The van der Waals surface area contributed by atoms with Crippen molar-refractivity contribution in [3.63, 3.8) is 0 Å². The molecule has 3 saturated heterocycles. The minimum absolute atomic E-state index is 0.0293. The summed E-state index contributed by atoms with van der Waals surface area (Å²) >= 11 is 0. The number of benzene rings is 2. The molecule has 4 fully saturated rings. The molecule has 0 aromatic heterocycles. The number of methoxy groups -OCH3 is 4. The second kappa shape index (κ2) is 13.4. The molecule has 7 unspecified atom stereocenters. The third-order valence-corrected chi connectivity index (χ3v) is 16.0. The highest BCUT2D eigenvalue weighted by atomic mass is 16.6. The van der Waals surface area contributed by atoms with E-state index in [2.05, 4.69) is 58.5 Å². The van der Waals surface area contributed by atoms with Gasteiger partial charge in [-0.05, 0) is 80.8 Å². The largest absolute Gasteiger partial charge is 0.496 e. The number of carbonyl (C=O) groups excluding carboxylic acids is 2. The van der Waals surface area contributed by atoms with Gasteiger partial charge in [0.1, 0.15) is 17.3 Å². The van der Waals surface area contributed by atoms with Crippen molar-refractivity contribution in [3.8, 4) is 5.75 Å². The zero-order chi connectivity index (χ0) is 40.3. The molecule has 1 saturated carbocycles. The molecule has 57 heavy (non-hydrogen) atoms. The minimum atomic E-state index is -2.05. The molecule has 9 rings (SSSR count). The van der Waals surface area contributed by atoms with Gasteiger partial charge in [-0.15, -0.1) is 0 Å². The van der Waals surface area contributed by atoms with Crippen LogP contribution in [-0.4, -0.2) is 136 Å². The Balaban J connectivity index is 1.33. The molecule has 6 heterocycles. The van der Waals surface area contributed by atoms with E-state index in [1.807, 2.05) is 31.0 Å². The van der Waals surface area contributed by atoms with Gasteiger partial charge in [-0.3, -0.25) is 9.69 Å². The number of anilines is 2. The summed E-state index contributed by atoms with van der Waals surface area (Å²) in [5.74, 6) is -0.599. The van der Waals surface area contributed by atoms with Crippen molar-refractivity contribution in [1.82, 2.24) is 9.80 Å². The van der Waals surface area contributed by atoms with Crippen molar-refractivity contribution < 1.29 is 38.7 Å². The third kappa shape index (κ3) is 4.91. The van der Waals surface area contributed by atoms with Crippen molar-refractivity contribution >= 4 is 23.3 Å². The minimum Gasteiger partial charge on any atom is -0.496 e. The first kappa shape index (κ1) is 38.8. The second-order valence-electron chi connectivity index (χ2n) is 18.2. The maximum absolute atomic E-state index is 15.3. The van der Waals surface area contributed by atoms with Crippen LogP contribution >= 0.6 is 0 Å². The highest BCUT2D eigenvalue weighted by Gasteiger charge is 2.79.